The summed E-state index contributed by atoms with van der Waals surface area (Å²) in [6, 6.07) is 13.3. The Morgan fingerprint density at radius 1 is 1.28 bits per heavy atom. The summed E-state index contributed by atoms with van der Waals surface area (Å²) in [5, 5.41) is 3.48. The van der Waals surface area contributed by atoms with Gasteiger partial charge in [-0.2, -0.15) is 0 Å². The van der Waals surface area contributed by atoms with Gasteiger partial charge >= 0.3 is 0 Å². The number of carbonyl (C=O) groups is 1. The van der Waals surface area contributed by atoms with Crippen LogP contribution in [0, 0.1) is 5.82 Å². The van der Waals surface area contributed by atoms with Crippen molar-refractivity contribution in [2.75, 3.05) is 18.2 Å². The molecule has 0 spiro atoms. The number of halogens is 1. The first-order valence-corrected chi connectivity index (χ1v) is 8.50. The lowest BCUT2D eigenvalue weighted by molar-refractivity contribution is -0.113. The summed E-state index contributed by atoms with van der Waals surface area (Å²) in [4.78, 5) is 16.4. The van der Waals surface area contributed by atoms with Crippen molar-refractivity contribution < 1.29 is 13.9 Å². The quantitative estimate of drug-likeness (QED) is 0.683. The number of hydrogen-bond acceptors (Lipinski definition) is 4. The predicted octanol–water partition coefficient (Wildman–Crippen LogP) is 3.75. The maximum atomic E-state index is 13.1. The van der Waals surface area contributed by atoms with E-state index in [1.165, 1.54) is 23.9 Å². The highest BCUT2D eigenvalue weighted by Gasteiger charge is 2.10. The van der Waals surface area contributed by atoms with E-state index in [1.54, 1.807) is 43.8 Å². The maximum absolute atomic E-state index is 13.1. The van der Waals surface area contributed by atoms with Crippen LogP contribution < -0.4 is 10.1 Å². The van der Waals surface area contributed by atoms with Crippen molar-refractivity contribution >= 4 is 23.4 Å². The minimum Gasteiger partial charge on any atom is -0.497 e. The van der Waals surface area contributed by atoms with Crippen LogP contribution in [0.3, 0.4) is 0 Å². The van der Waals surface area contributed by atoms with Gasteiger partial charge in [-0.1, -0.05) is 17.8 Å². The molecule has 0 saturated carbocycles. The molecule has 5 nitrogen and oxygen atoms in total. The van der Waals surface area contributed by atoms with Crippen molar-refractivity contribution in [3.63, 3.8) is 0 Å². The van der Waals surface area contributed by atoms with Crippen LogP contribution in [0.4, 0.5) is 10.1 Å². The number of amides is 1. The number of thioether (sulfide) groups is 1. The first kappa shape index (κ1) is 17.0. The fourth-order valence-corrected chi connectivity index (χ4v) is 3.00. The molecule has 25 heavy (non-hydrogen) atoms. The molecule has 0 unspecified atom stereocenters. The molecule has 1 N–H and O–H groups in total. The van der Waals surface area contributed by atoms with Crippen LogP contribution >= 0.6 is 11.8 Å². The van der Waals surface area contributed by atoms with Crippen LogP contribution in [0.1, 0.15) is 0 Å². The SMILES string of the molecule is COc1cccc(NC(=O)CSc2nccn2-c2ccc(F)cc2)c1. The van der Waals surface area contributed by atoms with Crippen LogP contribution in [0.2, 0.25) is 0 Å². The largest absolute Gasteiger partial charge is 0.497 e. The van der Waals surface area contributed by atoms with Gasteiger partial charge in [0.15, 0.2) is 5.16 Å². The first-order valence-electron chi connectivity index (χ1n) is 7.52. The van der Waals surface area contributed by atoms with Gasteiger partial charge in [-0.15, -0.1) is 0 Å². The number of rotatable bonds is 6. The van der Waals surface area contributed by atoms with Gasteiger partial charge in [0.05, 0.1) is 12.9 Å². The molecule has 128 valence electrons. The van der Waals surface area contributed by atoms with Crippen LogP contribution in [-0.4, -0.2) is 28.3 Å². The summed E-state index contributed by atoms with van der Waals surface area (Å²) >= 11 is 1.30. The molecule has 0 aliphatic carbocycles. The Balaban J connectivity index is 1.63. The molecule has 1 aromatic heterocycles. The number of hydrogen-bond donors (Lipinski definition) is 1. The van der Waals surface area contributed by atoms with Crippen molar-refractivity contribution in [2.45, 2.75) is 5.16 Å². The Bertz CT molecular complexity index is 865. The summed E-state index contributed by atoms with van der Waals surface area (Å²) in [5.41, 5.74) is 1.46. The summed E-state index contributed by atoms with van der Waals surface area (Å²) in [6.07, 6.45) is 3.42. The molecule has 3 aromatic rings. The van der Waals surface area contributed by atoms with E-state index in [0.717, 1.165) is 5.69 Å². The molecule has 0 radical (unpaired) electrons. The number of methoxy groups -OCH3 is 1. The topological polar surface area (TPSA) is 56.1 Å². The van der Waals surface area contributed by atoms with Gasteiger partial charge in [-0.05, 0) is 36.4 Å². The molecule has 1 heterocycles. The van der Waals surface area contributed by atoms with Gasteiger partial charge in [0.25, 0.3) is 0 Å². The third-order valence-electron chi connectivity index (χ3n) is 3.40. The molecule has 3 rings (SSSR count). The van der Waals surface area contributed by atoms with Crippen molar-refractivity contribution in [2.24, 2.45) is 0 Å². The molecular formula is C18H16FN3O2S. The molecule has 0 bridgehead atoms. The number of carbonyl (C=O) groups excluding carboxylic acids is 1. The third-order valence-corrected chi connectivity index (χ3v) is 4.36. The Kier molecular flexibility index (Phi) is 5.35. The molecule has 0 aliphatic heterocycles. The second-order valence-corrected chi connectivity index (χ2v) is 6.07. The Labute approximate surface area is 148 Å². The minimum atomic E-state index is -0.296. The van der Waals surface area contributed by atoms with E-state index < -0.39 is 0 Å². The summed E-state index contributed by atoms with van der Waals surface area (Å²) in [5.74, 6) is 0.440. The minimum absolute atomic E-state index is 0.146. The van der Waals surface area contributed by atoms with Crippen LogP contribution in [0.15, 0.2) is 66.1 Å². The Hall–Kier alpha value is -2.80. The third kappa shape index (κ3) is 4.39. The van der Waals surface area contributed by atoms with Gasteiger partial charge in [0.1, 0.15) is 11.6 Å². The normalized spacial score (nSPS) is 10.5. The zero-order valence-electron chi connectivity index (χ0n) is 13.5. The van der Waals surface area contributed by atoms with E-state index in [4.69, 9.17) is 4.74 Å². The van der Waals surface area contributed by atoms with Crippen molar-refractivity contribution in [3.05, 3.63) is 66.7 Å². The van der Waals surface area contributed by atoms with E-state index in [2.05, 4.69) is 10.3 Å². The molecular weight excluding hydrogens is 341 g/mol. The molecule has 0 fully saturated rings. The number of ether oxygens (including phenoxy) is 1. The van der Waals surface area contributed by atoms with Crippen LogP contribution in [0.25, 0.3) is 5.69 Å². The van der Waals surface area contributed by atoms with Crippen LogP contribution in [-0.2, 0) is 4.79 Å². The highest BCUT2D eigenvalue weighted by atomic mass is 32.2. The molecule has 0 saturated heterocycles. The lowest BCUT2D eigenvalue weighted by atomic mass is 10.3. The van der Waals surface area contributed by atoms with Crippen molar-refractivity contribution in [1.82, 2.24) is 9.55 Å². The van der Waals surface area contributed by atoms with Gasteiger partial charge in [0.2, 0.25) is 5.91 Å². The fourth-order valence-electron chi connectivity index (χ4n) is 2.22. The Morgan fingerprint density at radius 2 is 2.08 bits per heavy atom. The highest BCUT2D eigenvalue weighted by molar-refractivity contribution is 7.99. The lowest BCUT2D eigenvalue weighted by Gasteiger charge is -2.08. The molecule has 0 aliphatic rings. The monoisotopic (exact) mass is 357 g/mol. The van der Waals surface area contributed by atoms with Gasteiger partial charge < -0.3 is 10.1 Å². The van der Waals surface area contributed by atoms with Gasteiger partial charge in [-0.25, -0.2) is 9.37 Å². The number of nitrogens with zero attached hydrogens (tertiary/aromatic N) is 2. The average Bonchev–Trinajstić information content (AvgIpc) is 3.09. The first-order chi connectivity index (χ1) is 12.2. The molecule has 7 heteroatoms. The number of aromatic nitrogens is 2. The fraction of sp³-hybridized carbons (Fsp3) is 0.111. The summed E-state index contributed by atoms with van der Waals surface area (Å²) in [6.45, 7) is 0. The number of anilines is 1. The zero-order chi connectivity index (χ0) is 17.6. The number of nitrogens with one attached hydrogen (secondary N) is 1. The summed E-state index contributed by atoms with van der Waals surface area (Å²) in [7, 11) is 1.58. The van der Waals surface area contributed by atoms with E-state index in [9.17, 15) is 9.18 Å². The average molecular weight is 357 g/mol. The van der Waals surface area contributed by atoms with E-state index in [0.29, 0.717) is 16.6 Å². The van der Waals surface area contributed by atoms with E-state index in [1.807, 2.05) is 16.7 Å². The standard InChI is InChI=1S/C18H16FN3O2S/c1-24-16-4-2-3-14(11-16)21-17(23)12-25-18-20-9-10-22(18)15-7-5-13(19)6-8-15/h2-11H,12H2,1H3,(H,21,23). The molecule has 1 amide bonds. The van der Waals surface area contributed by atoms with Crippen LogP contribution in [0.5, 0.6) is 5.75 Å². The second kappa shape index (κ2) is 7.85. The lowest BCUT2D eigenvalue weighted by Crippen LogP contribution is -2.14. The summed E-state index contributed by atoms with van der Waals surface area (Å²) < 4.78 is 20.0. The van der Waals surface area contributed by atoms with Gasteiger partial charge in [-0.3, -0.25) is 9.36 Å². The molecule has 2 aromatic carbocycles. The van der Waals surface area contributed by atoms with Gasteiger partial charge in [0, 0.05) is 29.8 Å². The van der Waals surface area contributed by atoms with E-state index in [-0.39, 0.29) is 17.5 Å². The Morgan fingerprint density at radius 3 is 2.84 bits per heavy atom. The second-order valence-electron chi connectivity index (χ2n) is 5.13. The smallest absolute Gasteiger partial charge is 0.234 e. The van der Waals surface area contributed by atoms with Crippen molar-refractivity contribution in [1.29, 1.82) is 0 Å². The number of imidazole rings is 1. The highest BCUT2D eigenvalue weighted by Crippen LogP contribution is 2.22. The maximum Gasteiger partial charge on any atom is 0.234 e. The number of benzene rings is 2. The van der Waals surface area contributed by atoms with E-state index >= 15 is 0 Å². The molecule has 0 atom stereocenters. The zero-order valence-corrected chi connectivity index (χ0v) is 14.3. The predicted molar refractivity (Wildman–Crippen MR) is 95.9 cm³/mol. The van der Waals surface area contributed by atoms with Crippen molar-refractivity contribution in [3.8, 4) is 11.4 Å².